The van der Waals surface area contributed by atoms with Crippen molar-refractivity contribution in [2.24, 2.45) is 11.8 Å². The Kier molecular flexibility index (Phi) is 1.63. The third-order valence-corrected chi connectivity index (χ3v) is 3.48. The predicted molar refractivity (Wildman–Crippen MR) is 54.9 cm³/mol. The average Bonchev–Trinajstić information content (AvgIpc) is 2.45. The normalized spacial score (nSPS) is 29.9. The third kappa shape index (κ3) is 1.14. The summed E-state index contributed by atoms with van der Waals surface area (Å²) in [5.74, 6) is 3.30. The van der Waals surface area contributed by atoms with Gasteiger partial charge in [0.05, 0.1) is 0 Å². The van der Waals surface area contributed by atoms with Crippen molar-refractivity contribution >= 4 is 11.6 Å². The van der Waals surface area contributed by atoms with Gasteiger partial charge in [0.1, 0.15) is 5.82 Å². The monoisotopic (exact) mass is 190 g/mol. The predicted octanol–water partition coefficient (Wildman–Crippen LogP) is 0.905. The molecule has 1 aromatic heterocycles. The highest BCUT2D eigenvalue weighted by Crippen LogP contribution is 2.41. The lowest BCUT2D eigenvalue weighted by Gasteiger charge is -2.27. The van der Waals surface area contributed by atoms with Gasteiger partial charge in [-0.05, 0) is 36.8 Å². The molecule has 1 saturated carbocycles. The Morgan fingerprint density at radius 3 is 2.36 bits per heavy atom. The maximum absolute atomic E-state index is 5.50. The van der Waals surface area contributed by atoms with Crippen LogP contribution in [0.4, 0.5) is 11.6 Å². The molecule has 4 heteroatoms. The lowest BCUT2D eigenvalue weighted by Crippen LogP contribution is -2.22. The van der Waals surface area contributed by atoms with Crippen LogP contribution in [0.3, 0.4) is 0 Å². The number of aromatic nitrogens is 2. The van der Waals surface area contributed by atoms with Crippen molar-refractivity contribution in [3.8, 4) is 0 Å². The zero-order chi connectivity index (χ0) is 9.54. The molecule has 1 aliphatic heterocycles. The fourth-order valence-electron chi connectivity index (χ4n) is 2.45. The molecular formula is C10H14N4. The highest BCUT2D eigenvalue weighted by molar-refractivity contribution is 5.42. The van der Waals surface area contributed by atoms with E-state index in [-0.39, 0.29) is 0 Å². The minimum absolute atomic E-state index is 0.496. The molecule has 2 N–H and O–H groups in total. The molecule has 2 heterocycles. The van der Waals surface area contributed by atoms with E-state index < -0.39 is 0 Å². The average molecular weight is 190 g/mol. The second-order valence-electron chi connectivity index (χ2n) is 4.32. The van der Waals surface area contributed by atoms with Crippen LogP contribution in [0, 0.1) is 11.8 Å². The van der Waals surface area contributed by atoms with E-state index in [0.717, 1.165) is 30.7 Å². The van der Waals surface area contributed by atoms with Crippen molar-refractivity contribution < 1.29 is 0 Å². The number of rotatable bonds is 1. The first kappa shape index (κ1) is 8.03. The van der Waals surface area contributed by atoms with Crippen molar-refractivity contribution in [3.05, 3.63) is 12.1 Å². The summed E-state index contributed by atoms with van der Waals surface area (Å²) in [4.78, 5) is 2.33. The third-order valence-electron chi connectivity index (χ3n) is 3.48. The largest absolute Gasteiger partial charge is 0.382 e. The van der Waals surface area contributed by atoms with Gasteiger partial charge in [0.2, 0.25) is 0 Å². The maximum atomic E-state index is 5.50. The number of nitrogen functional groups attached to an aromatic ring is 1. The Morgan fingerprint density at radius 2 is 1.86 bits per heavy atom. The first-order valence-corrected chi connectivity index (χ1v) is 5.17. The van der Waals surface area contributed by atoms with Gasteiger partial charge in [0.25, 0.3) is 0 Å². The fraction of sp³-hybridized carbons (Fsp3) is 0.600. The van der Waals surface area contributed by atoms with Crippen LogP contribution in [0.2, 0.25) is 0 Å². The van der Waals surface area contributed by atoms with Crippen molar-refractivity contribution in [2.75, 3.05) is 23.7 Å². The minimum atomic E-state index is 0.496. The summed E-state index contributed by atoms with van der Waals surface area (Å²) in [6.07, 6.45) is 2.78. The minimum Gasteiger partial charge on any atom is -0.382 e. The molecule has 74 valence electrons. The van der Waals surface area contributed by atoms with E-state index in [1.807, 2.05) is 12.1 Å². The number of nitrogens with two attached hydrogens (primary N) is 1. The molecule has 14 heavy (non-hydrogen) atoms. The van der Waals surface area contributed by atoms with E-state index in [9.17, 15) is 0 Å². The summed E-state index contributed by atoms with van der Waals surface area (Å²) in [5, 5.41) is 7.99. The molecule has 0 spiro atoms. The fourth-order valence-corrected chi connectivity index (χ4v) is 2.45. The molecule has 0 amide bonds. The Hall–Kier alpha value is -1.32. The number of anilines is 2. The summed E-state index contributed by atoms with van der Waals surface area (Å²) in [7, 11) is 0. The van der Waals surface area contributed by atoms with Gasteiger partial charge in [0.15, 0.2) is 5.82 Å². The van der Waals surface area contributed by atoms with Crippen LogP contribution in [0.1, 0.15) is 12.8 Å². The van der Waals surface area contributed by atoms with Gasteiger partial charge < -0.3 is 10.6 Å². The summed E-state index contributed by atoms with van der Waals surface area (Å²) >= 11 is 0. The zero-order valence-electron chi connectivity index (χ0n) is 8.06. The van der Waals surface area contributed by atoms with E-state index in [1.165, 1.54) is 12.8 Å². The van der Waals surface area contributed by atoms with E-state index in [0.29, 0.717) is 5.82 Å². The molecule has 1 saturated heterocycles. The molecular weight excluding hydrogens is 176 g/mol. The van der Waals surface area contributed by atoms with Crippen LogP contribution in [0.15, 0.2) is 12.1 Å². The topological polar surface area (TPSA) is 55.0 Å². The van der Waals surface area contributed by atoms with Crippen molar-refractivity contribution in [1.82, 2.24) is 10.2 Å². The highest BCUT2D eigenvalue weighted by Gasteiger charge is 2.39. The second kappa shape index (κ2) is 2.83. The van der Waals surface area contributed by atoms with Gasteiger partial charge in [0, 0.05) is 13.1 Å². The SMILES string of the molecule is Nc1ccc(N2CC3CCC3C2)nn1. The van der Waals surface area contributed by atoms with Crippen molar-refractivity contribution in [3.63, 3.8) is 0 Å². The summed E-state index contributed by atoms with van der Waals surface area (Å²) in [5.41, 5.74) is 5.50. The molecule has 1 aliphatic carbocycles. The molecule has 0 aromatic carbocycles. The molecule has 2 unspecified atom stereocenters. The molecule has 4 nitrogen and oxygen atoms in total. The van der Waals surface area contributed by atoms with Crippen LogP contribution in [0.25, 0.3) is 0 Å². The zero-order valence-corrected chi connectivity index (χ0v) is 8.06. The van der Waals surface area contributed by atoms with Gasteiger partial charge in [-0.1, -0.05) is 0 Å². The molecule has 0 bridgehead atoms. The van der Waals surface area contributed by atoms with Crippen LogP contribution in [0.5, 0.6) is 0 Å². The number of hydrogen-bond acceptors (Lipinski definition) is 4. The van der Waals surface area contributed by atoms with Gasteiger partial charge in [-0.25, -0.2) is 0 Å². The molecule has 2 fully saturated rings. The molecule has 2 aliphatic rings. The Morgan fingerprint density at radius 1 is 1.14 bits per heavy atom. The Labute approximate surface area is 83.1 Å². The summed E-state index contributed by atoms with van der Waals surface area (Å²) in [6, 6.07) is 3.79. The number of nitrogens with zero attached hydrogens (tertiary/aromatic N) is 3. The van der Waals surface area contributed by atoms with Crippen LogP contribution in [-0.4, -0.2) is 23.3 Å². The van der Waals surface area contributed by atoms with E-state index in [4.69, 9.17) is 5.73 Å². The van der Waals surface area contributed by atoms with Gasteiger partial charge >= 0.3 is 0 Å². The lowest BCUT2D eigenvalue weighted by molar-refractivity contribution is 0.243. The summed E-state index contributed by atoms with van der Waals surface area (Å²) < 4.78 is 0. The van der Waals surface area contributed by atoms with Crippen LogP contribution >= 0.6 is 0 Å². The number of hydrogen-bond donors (Lipinski definition) is 1. The first-order valence-electron chi connectivity index (χ1n) is 5.17. The molecule has 0 radical (unpaired) electrons. The van der Waals surface area contributed by atoms with Gasteiger partial charge in [-0.15, -0.1) is 10.2 Å². The number of fused-ring (bicyclic) bond motifs is 1. The lowest BCUT2D eigenvalue weighted by atomic mass is 9.77. The molecule has 1 aromatic rings. The Bertz CT molecular complexity index is 322. The van der Waals surface area contributed by atoms with Crippen molar-refractivity contribution in [2.45, 2.75) is 12.8 Å². The summed E-state index contributed by atoms with van der Waals surface area (Å²) in [6.45, 7) is 2.31. The van der Waals surface area contributed by atoms with E-state index in [2.05, 4.69) is 15.1 Å². The highest BCUT2D eigenvalue weighted by atomic mass is 15.3. The van der Waals surface area contributed by atoms with Crippen LogP contribution < -0.4 is 10.6 Å². The Balaban J connectivity index is 1.79. The second-order valence-corrected chi connectivity index (χ2v) is 4.32. The molecule has 2 atom stereocenters. The smallest absolute Gasteiger partial charge is 0.151 e. The van der Waals surface area contributed by atoms with Crippen LogP contribution in [-0.2, 0) is 0 Å². The quantitative estimate of drug-likeness (QED) is 0.715. The van der Waals surface area contributed by atoms with Crippen molar-refractivity contribution in [1.29, 1.82) is 0 Å². The standard InChI is InChI=1S/C10H14N4/c11-9-3-4-10(13-12-9)14-5-7-1-2-8(7)6-14/h3-4,7-8H,1-2,5-6H2,(H2,11,12). The van der Waals surface area contributed by atoms with Gasteiger partial charge in [-0.3, -0.25) is 0 Å². The van der Waals surface area contributed by atoms with Gasteiger partial charge in [-0.2, -0.15) is 0 Å². The molecule has 3 rings (SSSR count). The van der Waals surface area contributed by atoms with E-state index in [1.54, 1.807) is 0 Å². The van der Waals surface area contributed by atoms with E-state index >= 15 is 0 Å². The first-order chi connectivity index (χ1) is 6.83. The maximum Gasteiger partial charge on any atom is 0.151 e.